The summed E-state index contributed by atoms with van der Waals surface area (Å²) in [6, 6.07) is 8.22. The fourth-order valence-corrected chi connectivity index (χ4v) is 1.74. The Kier molecular flexibility index (Phi) is 4.18. The van der Waals surface area contributed by atoms with Crippen LogP contribution in [0, 0.1) is 11.3 Å². The molecule has 0 unspecified atom stereocenters. The van der Waals surface area contributed by atoms with Gasteiger partial charge in [-0.05, 0) is 24.3 Å². The van der Waals surface area contributed by atoms with E-state index in [9.17, 15) is 14.0 Å². The normalized spacial score (nSPS) is 13.1. The number of carboxylic acids is 1. The van der Waals surface area contributed by atoms with Gasteiger partial charge in [-0.25, -0.2) is 4.79 Å². The molecule has 1 aromatic rings. The van der Waals surface area contributed by atoms with Gasteiger partial charge in [0.15, 0.2) is 6.61 Å². The van der Waals surface area contributed by atoms with E-state index in [1.165, 1.54) is 4.90 Å². The lowest BCUT2D eigenvalue weighted by Gasteiger charge is -2.33. The van der Waals surface area contributed by atoms with Crippen molar-refractivity contribution in [2.45, 2.75) is 0 Å². The highest BCUT2D eigenvalue weighted by atomic mass is 19.1. The Morgan fingerprint density at radius 2 is 1.95 bits per heavy atom. The minimum Gasteiger partial charge on any atom is -0.484 e. The molecule has 1 heterocycles. The molecule has 0 spiro atoms. The van der Waals surface area contributed by atoms with Gasteiger partial charge in [-0.2, -0.15) is 9.65 Å². The van der Waals surface area contributed by atoms with Crippen LogP contribution in [0.25, 0.3) is 0 Å². The van der Waals surface area contributed by atoms with Crippen LogP contribution in [-0.2, 0) is 9.59 Å². The quantitative estimate of drug-likeness (QED) is 0.838. The van der Waals surface area contributed by atoms with Crippen LogP contribution in [0.2, 0.25) is 0 Å². The van der Waals surface area contributed by atoms with E-state index in [-0.39, 0.29) is 31.2 Å². The minimum atomic E-state index is -1.62. The van der Waals surface area contributed by atoms with Crippen LogP contribution in [0.4, 0.5) is 4.39 Å². The summed E-state index contributed by atoms with van der Waals surface area (Å²) in [5.41, 5.74) is 0.574. The third-order valence-electron chi connectivity index (χ3n) is 2.96. The first-order valence-corrected chi connectivity index (χ1v) is 6.03. The number of aliphatic carboxylic acids is 1. The average Bonchev–Trinajstić information content (AvgIpc) is 2.43. The molecule has 2 rings (SSSR count). The molecule has 6 nitrogen and oxygen atoms in total. The number of benzene rings is 1. The van der Waals surface area contributed by atoms with Gasteiger partial charge in [-0.3, -0.25) is 4.79 Å². The second kappa shape index (κ2) is 6.05. The molecule has 0 atom stereocenters. The fourth-order valence-electron chi connectivity index (χ4n) is 1.74. The smallest absolute Gasteiger partial charge is 0.364 e. The summed E-state index contributed by atoms with van der Waals surface area (Å²) in [6.07, 6.45) is 0. The molecule has 0 aliphatic carbocycles. The van der Waals surface area contributed by atoms with Crippen molar-refractivity contribution in [2.24, 2.45) is 0 Å². The number of ether oxygens (including phenoxy) is 1. The first-order valence-electron chi connectivity index (χ1n) is 6.03. The second-order valence-corrected chi connectivity index (χ2v) is 4.40. The van der Waals surface area contributed by atoms with E-state index in [2.05, 4.69) is 0 Å². The SMILES string of the molecule is N#Cc1ccc(OCC(=O)N2CC(=C(F)C(=O)O)C2)cc1. The maximum atomic E-state index is 13.0. The molecule has 0 radical (unpaired) electrons. The van der Waals surface area contributed by atoms with Gasteiger partial charge in [-0.1, -0.05) is 0 Å². The van der Waals surface area contributed by atoms with Crippen LogP contribution in [0.5, 0.6) is 5.75 Å². The Balaban J connectivity index is 1.83. The average molecular weight is 290 g/mol. The van der Waals surface area contributed by atoms with Crippen molar-refractivity contribution in [3.63, 3.8) is 0 Å². The third-order valence-corrected chi connectivity index (χ3v) is 2.96. The number of likely N-dealkylation sites (tertiary alicyclic amines) is 1. The summed E-state index contributed by atoms with van der Waals surface area (Å²) >= 11 is 0. The van der Waals surface area contributed by atoms with Gasteiger partial charge >= 0.3 is 5.97 Å². The molecule has 7 heteroatoms. The zero-order valence-electron chi connectivity index (χ0n) is 10.9. The van der Waals surface area contributed by atoms with Crippen LogP contribution in [-0.4, -0.2) is 41.6 Å². The summed E-state index contributed by atoms with van der Waals surface area (Å²) in [6.45, 7) is -0.296. The Hall–Kier alpha value is -2.88. The molecule has 0 aromatic heterocycles. The first-order chi connectivity index (χ1) is 10.0. The lowest BCUT2D eigenvalue weighted by atomic mass is 10.1. The van der Waals surface area contributed by atoms with Crippen molar-refractivity contribution < 1.29 is 23.8 Å². The topological polar surface area (TPSA) is 90.6 Å². The number of hydrogen-bond acceptors (Lipinski definition) is 4. The monoisotopic (exact) mass is 290 g/mol. The van der Waals surface area contributed by atoms with E-state index >= 15 is 0 Å². The largest absolute Gasteiger partial charge is 0.484 e. The van der Waals surface area contributed by atoms with Gasteiger partial charge < -0.3 is 14.7 Å². The van der Waals surface area contributed by atoms with E-state index < -0.39 is 11.8 Å². The molecule has 1 amide bonds. The molecule has 1 aliphatic rings. The van der Waals surface area contributed by atoms with E-state index in [0.29, 0.717) is 11.3 Å². The minimum absolute atomic E-state index is 0.0340. The van der Waals surface area contributed by atoms with Gasteiger partial charge in [-0.15, -0.1) is 0 Å². The van der Waals surface area contributed by atoms with E-state index in [1.807, 2.05) is 6.07 Å². The van der Waals surface area contributed by atoms with E-state index in [1.54, 1.807) is 24.3 Å². The summed E-state index contributed by atoms with van der Waals surface area (Å²) in [4.78, 5) is 23.4. The first kappa shape index (κ1) is 14.5. The van der Waals surface area contributed by atoms with Crippen LogP contribution in [0.3, 0.4) is 0 Å². The predicted octanol–water partition coefficient (Wildman–Crippen LogP) is 1.09. The summed E-state index contributed by atoms with van der Waals surface area (Å²) in [5.74, 6) is -2.74. The Bertz CT molecular complexity index is 638. The lowest BCUT2D eigenvalue weighted by Crippen LogP contribution is -2.47. The second-order valence-electron chi connectivity index (χ2n) is 4.40. The molecular weight excluding hydrogens is 279 g/mol. The zero-order valence-corrected chi connectivity index (χ0v) is 10.9. The Morgan fingerprint density at radius 1 is 1.33 bits per heavy atom. The van der Waals surface area contributed by atoms with Crippen molar-refractivity contribution in [3.8, 4) is 11.8 Å². The molecule has 0 bridgehead atoms. The number of nitriles is 1. The number of carbonyl (C=O) groups is 2. The summed E-state index contributed by atoms with van der Waals surface area (Å²) in [5, 5.41) is 17.1. The molecule has 108 valence electrons. The predicted molar refractivity (Wildman–Crippen MR) is 69.0 cm³/mol. The van der Waals surface area contributed by atoms with Crippen LogP contribution in [0.1, 0.15) is 5.56 Å². The van der Waals surface area contributed by atoms with Crippen molar-refractivity contribution in [1.82, 2.24) is 4.90 Å². The maximum Gasteiger partial charge on any atom is 0.364 e. The van der Waals surface area contributed by atoms with Crippen LogP contribution >= 0.6 is 0 Å². The summed E-state index contributed by atoms with van der Waals surface area (Å²) in [7, 11) is 0. The fraction of sp³-hybridized carbons (Fsp3) is 0.214. The highest BCUT2D eigenvalue weighted by Gasteiger charge is 2.30. The number of amides is 1. The van der Waals surface area contributed by atoms with Crippen LogP contribution in [0.15, 0.2) is 35.7 Å². The third kappa shape index (κ3) is 3.36. The molecule has 21 heavy (non-hydrogen) atoms. The molecular formula is C14H11FN2O4. The van der Waals surface area contributed by atoms with Crippen molar-refractivity contribution in [3.05, 3.63) is 41.2 Å². The Labute approximate surface area is 119 Å². The highest BCUT2D eigenvalue weighted by molar-refractivity contribution is 5.87. The van der Waals surface area contributed by atoms with Gasteiger partial charge in [0, 0.05) is 18.7 Å². The van der Waals surface area contributed by atoms with Gasteiger partial charge in [0.1, 0.15) is 5.75 Å². The maximum absolute atomic E-state index is 13.0. The van der Waals surface area contributed by atoms with Crippen molar-refractivity contribution in [1.29, 1.82) is 5.26 Å². The van der Waals surface area contributed by atoms with Crippen molar-refractivity contribution in [2.75, 3.05) is 19.7 Å². The number of halogens is 1. The van der Waals surface area contributed by atoms with Gasteiger partial charge in [0.25, 0.3) is 5.91 Å². The molecule has 1 aliphatic heterocycles. The van der Waals surface area contributed by atoms with E-state index in [0.717, 1.165) is 0 Å². The number of hydrogen-bond donors (Lipinski definition) is 1. The highest BCUT2D eigenvalue weighted by Crippen LogP contribution is 2.20. The molecule has 1 N–H and O–H groups in total. The van der Waals surface area contributed by atoms with Crippen molar-refractivity contribution >= 4 is 11.9 Å². The molecule has 1 saturated heterocycles. The number of carbonyl (C=O) groups excluding carboxylic acids is 1. The number of nitrogens with zero attached hydrogens (tertiary/aromatic N) is 2. The van der Waals surface area contributed by atoms with Gasteiger partial charge in [0.05, 0.1) is 11.6 Å². The van der Waals surface area contributed by atoms with Crippen LogP contribution < -0.4 is 4.74 Å². The van der Waals surface area contributed by atoms with Gasteiger partial charge in [0.2, 0.25) is 5.83 Å². The lowest BCUT2D eigenvalue weighted by molar-refractivity contribution is -0.137. The number of carboxylic acid groups (broad SMARTS) is 1. The molecule has 0 saturated carbocycles. The van der Waals surface area contributed by atoms with E-state index in [4.69, 9.17) is 15.1 Å². The zero-order chi connectivity index (χ0) is 15.4. The molecule has 1 fully saturated rings. The molecule has 1 aromatic carbocycles. The number of rotatable bonds is 4. The standard InChI is InChI=1S/C14H11FN2O4/c15-13(14(19)20)10-6-17(7-10)12(18)8-21-11-3-1-9(5-16)2-4-11/h1-4H,6-8H2,(H,19,20). The Morgan fingerprint density at radius 3 is 2.48 bits per heavy atom. The summed E-state index contributed by atoms with van der Waals surface area (Å²) < 4.78 is 18.3.